The van der Waals surface area contributed by atoms with E-state index >= 15 is 0 Å². The van der Waals surface area contributed by atoms with E-state index in [0.29, 0.717) is 50.0 Å². The van der Waals surface area contributed by atoms with Crippen LogP contribution < -0.4 is 24.7 Å². The number of benzene rings is 2. The van der Waals surface area contributed by atoms with Crippen LogP contribution in [0.1, 0.15) is 114 Å². The van der Waals surface area contributed by atoms with E-state index in [1.807, 2.05) is 24.3 Å². The van der Waals surface area contributed by atoms with Crippen LogP contribution in [-0.2, 0) is 37.9 Å². The van der Waals surface area contributed by atoms with Gasteiger partial charge >= 0.3 is 0 Å². The molecule has 0 saturated carbocycles. The van der Waals surface area contributed by atoms with Crippen LogP contribution in [0.3, 0.4) is 0 Å². The summed E-state index contributed by atoms with van der Waals surface area (Å²) in [6, 6.07) is 12.3. The van der Waals surface area contributed by atoms with E-state index in [4.69, 9.17) is 68.1 Å². The predicted molar refractivity (Wildman–Crippen MR) is 278 cm³/mol. The average Bonchev–Trinajstić information content (AvgIpc) is 3.41. The summed E-state index contributed by atoms with van der Waals surface area (Å²) in [6.45, 7) is 11.2. The number of nitrogens with zero attached hydrogens (tertiary/aromatic N) is 3. The molecule has 0 radical (unpaired) electrons. The minimum atomic E-state index is -0.0657. The van der Waals surface area contributed by atoms with Gasteiger partial charge < -0.3 is 62.6 Å². The van der Waals surface area contributed by atoms with Crippen LogP contribution in [0.5, 0.6) is 23.0 Å². The molecular weight excluding hydrogens is 921 g/mol. The number of azide groups is 1. The van der Waals surface area contributed by atoms with Crippen LogP contribution in [0.15, 0.2) is 89.5 Å². The van der Waals surface area contributed by atoms with Crippen molar-refractivity contribution < 1.29 is 56.8 Å². The lowest BCUT2D eigenvalue weighted by atomic mass is 9.61. The van der Waals surface area contributed by atoms with Gasteiger partial charge in [0.2, 0.25) is 0 Å². The minimum Gasteiger partial charge on any atom is -0.493 e. The molecule has 2 N–H and O–H groups in total. The van der Waals surface area contributed by atoms with Crippen molar-refractivity contribution in [3.05, 3.63) is 106 Å². The number of ether oxygens (including phenoxy) is 12. The Hall–Kier alpha value is -4.77. The molecule has 16 heteroatoms. The first-order valence-electron chi connectivity index (χ1n) is 25.9. The molecule has 2 aliphatic carbocycles. The Morgan fingerprint density at radius 3 is 1.43 bits per heavy atom. The monoisotopic (exact) mass is 1000 g/mol. The first kappa shape index (κ1) is 58.1. The molecule has 400 valence electrons. The lowest BCUT2D eigenvalue weighted by Crippen LogP contribution is -2.42. The van der Waals surface area contributed by atoms with Gasteiger partial charge in [0.15, 0.2) is 27.2 Å². The topological polar surface area (TPSA) is 186 Å². The number of hydrogen-bond donors (Lipinski definition) is 1. The fourth-order valence-corrected chi connectivity index (χ4v) is 10.1. The Balaban J connectivity index is 0.000000268. The molecular formula is C56H84N4O12. The van der Waals surface area contributed by atoms with Gasteiger partial charge in [-0.1, -0.05) is 56.1 Å². The maximum Gasteiger partial charge on any atom is 0.188 e. The standard InChI is InChI=1S/C28H41N3O6.C28H43NO6/c1-28(22-9-11-23(12-10-22)36-20-32-2)19-35-27-18-24(37-21-33-3)13-14-25(27)26(28)8-4-6-16-34-17-7-5-15-30-31-29;1-28(22-9-11-23(12-10-22)34-20-30-2)19-33-27-18-24(35-21-31-3)13-14-25(27)26(28)8-4-6-16-32-17-7-5-15-29/h9,11-14,18,22,26H,4-8,10,15-17,19-21H2,1-3H3;9,11-14,18,22,26H,4-8,10,15-17,19-21,29H2,1-3H3/t2*22?,26-,28-/m11/s1. The van der Waals surface area contributed by atoms with Crippen LogP contribution >= 0.6 is 0 Å². The molecule has 0 amide bonds. The van der Waals surface area contributed by atoms with Crippen LogP contribution in [0.25, 0.3) is 10.4 Å². The highest BCUT2D eigenvalue weighted by molar-refractivity contribution is 5.47. The molecule has 2 aromatic rings. The molecule has 2 heterocycles. The van der Waals surface area contributed by atoms with Gasteiger partial charge in [0.1, 0.15) is 34.5 Å². The van der Waals surface area contributed by atoms with Gasteiger partial charge in [-0.3, -0.25) is 0 Å². The molecule has 0 saturated heterocycles. The van der Waals surface area contributed by atoms with E-state index in [1.54, 1.807) is 28.4 Å². The van der Waals surface area contributed by atoms with Crippen molar-refractivity contribution in [3.63, 3.8) is 0 Å². The number of methoxy groups -OCH3 is 4. The van der Waals surface area contributed by atoms with E-state index < -0.39 is 0 Å². The second kappa shape index (κ2) is 32.4. The summed E-state index contributed by atoms with van der Waals surface area (Å²) < 4.78 is 67.1. The zero-order chi connectivity index (χ0) is 51.3. The number of unbranched alkanes of at least 4 members (excludes halogenated alkanes) is 4. The van der Waals surface area contributed by atoms with Gasteiger partial charge in [0.25, 0.3) is 0 Å². The molecule has 72 heavy (non-hydrogen) atoms. The number of nitrogens with two attached hydrogens (primary N) is 1. The molecule has 2 aliphatic heterocycles. The predicted octanol–water partition coefficient (Wildman–Crippen LogP) is 11.7. The van der Waals surface area contributed by atoms with Crippen molar-refractivity contribution in [1.29, 1.82) is 0 Å². The van der Waals surface area contributed by atoms with Gasteiger partial charge in [-0.15, -0.1) is 0 Å². The largest absolute Gasteiger partial charge is 0.493 e. The second-order valence-electron chi connectivity index (χ2n) is 19.3. The highest BCUT2D eigenvalue weighted by Gasteiger charge is 2.47. The van der Waals surface area contributed by atoms with Gasteiger partial charge in [-0.2, -0.15) is 0 Å². The smallest absolute Gasteiger partial charge is 0.188 e. The average molecular weight is 1010 g/mol. The maximum absolute atomic E-state index is 8.34. The molecule has 0 aromatic heterocycles. The highest BCUT2D eigenvalue weighted by Crippen LogP contribution is 2.55. The van der Waals surface area contributed by atoms with E-state index in [0.717, 1.165) is 138 Å². The Morgan fingerprint density at radius 2 is 1.03 bits per heavy atom. The molecule has 4 aliphatic rings. The Kier molecular flexibility index (Phi) is 26.2. The number of rotatable bonds is 33. The fraction of sp³-hybridized carbons (Fsp3) is 0.643. The summed E-state index contributed by atoms with van der Waals surface area (Å²) in [5.41, 5.74) is 16.3. The normalized spacial score (nSPS) is 22.9. The third-order valence-electron chi connectivity index (χ3n) is 14.3. The second-order valence-corrected chi connectivity index (χ2v) is 19.3. The Labute approximate surface area is 429 Å². The molecule has 0 bridgehead atoms. The van der Waals surface area contributed by atoms with Crippen molar-refractivity contribution in [3.8, 4) is 23.0 Å². The van der Waals surface area contributed by atoms with Crippen molar-refractivity contribution in [2.45, 2.75) is 103 Å². The van der Waals surface area contributed by atoms with E-state index in [9.17, 15) is 0 Å². The number of hydrogen-bond acceptors (Lipinski definition) is 14. The molecule has 6 rings (SSSR count). The highest BCUT2D eigenvalue weighted by atomic mass is 16.7. The molecule has 2 unspecified atom stereocenters. The minimum absolute atomic E-state index is 0.0380. The van der Waals surface area contributed by atoms with Gasteiger partial charge in [0, 0.05) is 89.3 Å². The van der Waals surface area contributed by atoms with Crippen molar-refractivity contribution in [2.75, 3.05) is 108 Å². The SMILES string of the molecule is COCOC1=CCC([C@@]2(C)COc3cc(OCOC)ccc3[C@H]2CCCCOCCCCN)C=C1.COCOC1=CCC([C@@]2(C)COc3cc(OCOC)ccc3[C@H]2CCCCOCCCCN=[N+]=[N-])C=C1. The number of allylic oxidation sites excluding steroid dienone is 6. The van der Waals surface area contributed by atoms with Crippen molar-refractivity contribution in [1.82, 2.24) is 0 Å². The Morgan fingerprint density at radius 1 is 0.597 bits per heavy atom. The first-order valence-corrected chi connectivity index (χ1v) is 25.9. The van der Waals surface area contributed by atoms with Gasteiger partial charge in [-0.25, -0.2) is 0 Å². The summed E-state index contributed by atoms with van der Waals surface area (Å²) in [5, 5.41) is 3.56. The maximum atomic E-state index is 8.34. The zero-order valence-electron chi connectivity index (χ0n) is 44.0. The summed E-state index contributed by atoms with van der Waals surface area (Å²) in [5.74, 6) is 6.43. The van der Waals surface area contributed by atoms with Crippen LogP contribution in [0.4, 0.5) is 0 Å². The lowest BCUT2D eigenvalue weighted by molar-refractivity contribution is 0.00752. The quantitative estimate of drug-likeness (QED) is 0.0234. The molecule has 16 nitrogen and oxygen atoms in total. The summed E-state index contributed by atoms with van der Waals surface area (Å²) in [7, 11) is 6.49. The third kappa shape index (κ3) is 17.7. The molecule has 0 spiro atoms. The van der Waals surface area contributed by atoms with Crippen LogP contribution in [0, 0.1) is 22.7 Å². The zero-order valence-corrected chi connectivity index (χ0v) is 44.0. The van der Waals surface area contributed by atoms with Crippen LogP contribution in [-0.4, -0.2) is 108 Å². The Bertz CT molecular complexity index is 2060. The van der Waals surface area contributed by atoms with E-state index in [1.165, 1.54) is 11.1 Å². The van der Waals surface area contributed by atoms with E-state index in [-0.39, 0.29) is 38.0 Å². The summed E-state index contributed by atoms with van der Waals surface area (Å²) in [6.07, 6.45) is 25.0. The lowest BCUT2D eigenvalue weighted by Gasteiger charge is -2.47. The summed E-state index contributed by atoms with van der Waals surface area (Å²) in [4.78, 5) is 2.78. The van der Waals surface area contributed by atoms with Crippen molar-refractivity contribution in [2.24, 2.45) is 33.5 Å². The summed E-state index contributed by atoms with van der Waals surface area (Å²) >= 11 is 0. The molecule has 0 fully saturated rings. The fourth-order valence-electron chi connectivity index (χ4n) is 10.1. The van der Waals surface area contributed by atoms with Crippen molar-refractivity contribution >= 4 is 0 Å². The van der Waals surface area contributed by atoms with E-state index in [2.05, 4.69) is 72.5 Å². The number of fused-ring (bicyclic) bond motifs is 2. The van der Waals surface area contributed by atoms with Crippen LogP contribution in [0.2, 0.25) is 0 Å². The third-order valence-corrected chi connectivity index (χ3v) is 14.3. The van der Waals surface area contributed by atoms with Gasteiger partial charge in [0.05, 0.1) is 13.2 Å². The first-order chi connectivity index (χ1) is 35.2. The molecule has 6 atom stereocenters. The molecule has 2 aromatic carbocycles. The van der Waals surface area contributed by atoms with Gasteiger partial charge in [-0.05, 0) is 148 Å².